The molecule has 0 saturated heterocycles. The van der Waals surface area contributed by atoms with Crippen molar-refractivity contribution >= 4 is 0 Å². The number of unbranched alkanes of at least 4 members (excludes halogenated alkanes) is 2. The zero-order valence-corrected chi connectivity index (χ0v) is 9.69. The van der Waals surface area contributed by atoms with Gasteiger partial charge in [-0.05, 0) is 49.9 Å². The SMILES string of the molecule is NCCCCCOc1ccc(CCO)cc1. The highest BCUT2D eigenvalue weighted by molar-refractivity contribution is 5.27. The van der Waals surface area contributed by atoms with Gasteiger partial charge in [0.15, 0.2) is 0 Å². The lowest BCUT2D eigenvalue weighted by Gasteiger charge is -2.06. The molecule has 0 saturated carbocycles. The molecule has 0 amide bonds. The fraction of sp³-hybridized carbons (Fsp3) is 0.538. The summed E-state index contributed by atoms with van der Waals surface area (Å²) in [4.78, 5) is 0. The van der Waals surface area contributed by atoms with Crippen molar-refractivity contribution in [2.75, 3.05) is 19.8 Å². The predicted molar refractivity (Wildman–Crippen MR) is 65.6 cm³/mol. The van der Waals surface area contributed by atoms with Gasteiger partial charge >= 0.3 is 0 Å². The average molecular weight is 223 g/mol. The maximum Gasteiger partial charge on any atom is 0.119 e. The van der Waals surface area contributed by atoms with Crippen molar-refractivity contribution in [3.63, 3.8) is 0 Å². The summed E-state index contributed by atoms with van der Waals surface area (Å²) in [6, 6.07) is 7.89. The predicted octanol–water partition coefficient (Wildman–Crippen LogP) is 1.73. The highest BCUT2D eigenvalue weighted by atomic mass is 16.5. The van der Waals surface area contributed by atoms with Gasteiger partial charge in [0.25, 0.3) is 0 Å². The van der Waals surface area contributed by atoms with Crippen molar-refractivity contribution in [3.05, 3.63) is 29.8 Å². The maximum absolute atomic E-state index is 8.77. The van der Waals surface area contributed by atoms with Gasteiger partial charge < -0.3 is 15.6 Å². The minimum Gasteiger partial charge on any atom is -0.494 e. The number of hydrogen-bond donors (Lipinski definition) is 2. The van der Waals surface area contributed by atoms with Crippen LogP contribution in [0.4, 0.5) is 0 Å². The van der Waals surface area contributed by atoms with Crippen LogP contribution in [0.2, 0.25) is 0 Å². The normalized spacial score (nSPS) is 10.4. The van der Waals surface area contributed by atoms with Gasteiger partial charge in [-0.15, -0.1) is 0 Å². The first-order chi connectivity index (χ1) is 7.86. The number of aliphatic hydroxyl groups excluding tert-OH is 1. The second-order valence-corrected chi connectivity index (χ2v) is 3.82. The van der Waals surface area contributed by atoms with Gasteiger partial charge in [-0.3, -0.25) is 0 Å². The van der Waals surface area contributed by atoms with Gasteiger partial charge in [0, 0.05) is 6.61 Å². The van der Waals surface area contributed by atoms with Crippen molar-refractivity contribution in [3.8, 4) is 5.75 Å². The standard InChI is InChI=1S/C13H21NO2/c14-9-2-1-3-11-16-13-6-4-12(5-7-13)8-10-15/h4-7,15H,1-3,8-11,14H2. The van der Waals surface area contributed by atoms with E-state index in [0.717, 1.165) is 43.7 Å². The van der Waals surface area contributed by atoms with Crippen molar-refractivity contribution in [1.29, 1.82) is 0 Å². The molecule has 0 radical (unpaired) electrons. The molecular formula is C13H21NO2. The van der Waals surface area contributed by atoms with Crippen LogP contribution >= 0.6 is 0 Å². The zero-order chi connectivity index (χ0) is 11.6. The molecule has 3 nitrogen and oxygen atoms in total. The van der Waals surface area contributed by atoms with Gasteiger partial charge in [0.05, 0.1) is 6.61 Å². The quantitative estimate of drug-likeness (QED) is 0.660. The Bertz CT molecular complexity index is 272. The molecule has 3 heteroatoms. The van der Waals surface area contributed by atoms with E-state index in [1.807, 2.05) is 24.3 Å². The van der Waals surface area contributed by atoms with Crippen LogP contribution in [-0.2, 0) is 6.42 Å². The molecule has 0 fully saturated rings. The monoisotopic (exact) mass is 223 g/mol. The van der Waals surface area contributed by atoms with Gasteiger partial charge in [-0.2, -0.15) is 0 Å². The minimum absolute atomic E-state index is 0.194. The number of benzene rings is 1. The number of ether oxygens (including phenoxy) is 1. The third kappa shape index (κ3) is 5.14. The lowest BCUT2D eigenvalue weighted by molar-refractivity contribution is 0.298. The van der Waals surface area contributed by atoms with Crippen LogP contribution in [0.3, 0.4) is 0 Å². The Labute approximate surface area is 97.2 Å². The molecule has 0 aromatic heterocycles. The highest BCUT2D eigenvalue weighted by Crippen LogP contribution is 2.13. The lowest BCUT2D eigenvalue weighted by atomic mass is 10.1. The number of aliphatic hydroxyl groups is 1. The van der Waals surface area contributed by atoms with E-state index >= 15 is 0 Å². The van der Waals surface area contributed by atoms with Crippen LogP contribution in [0.5, 0.6) is 5.75 Å². The molecule has 0 unspecified atom stereocenters. The Morgan fingerprint density at radius 2 is 1.81 bits per heavy atom. The molecule has 0 aliphatic carbocycles. The highest BCUT2D eigenvalue weighted by Gasteiger charge is 1.95. The van der Waals surface area contributed by atoms with Crippen LogP contribution < -0.4 is 10.5 Å². The van der Waals surface area contributed by atoms with E-state index in [0.29, 0.717) is 6.42 Å². The van der Waals surface area contributed by atoms with E-state index in [9.17, 15) is 0 Å². The fourth-order valence-corrected chi connectivity index (χ4v) is 1.49. The molecule has 1 aromatic carbocycles. The van der Waals surface area contributed by atoms with Crippen molar-refractivity contribution in [2.45, 2.75) is 25.7 Å². The Morgan fingerprint density at radius 3 is 2.44 bits per heavy atom. The average Bonchev–Trinajstić information content (AvgIpc) is 2.31. The first-order valence-corrected chi connectivity index (χ1v) is 5.89. The van der Waals surface area contributed by atoms with Crippen LogP contribution in [0.15, 0.2) is 24.3 Å². The van der Waals surface area contributed by atoms with E-state index in [1.165, 1.54) is 0 Å². The molecule has 1 aromatic rings. The van der Waals surface area contributed by atoms with Crippen LogP contribution in [0, 0.1) is 0 Å². The summed E-state index contributed by atoms with van der Waals surface area (Å²) in [6.45, 7) is 1.70. The van der Waals surface area contributed by atoms with Crippen molar-refractivity contribution < 1.29 is 9.84 Å². The molecule has 0 heterocycles. The summed E-state index contributed by atoms with van der Waals surface area (Å²) >= 11 is 0. The van der Waals surface area contributed by atoms with Gasteiger partial charge in [0.2, 0.25) is 0 Å². The van der Waals surface area contributed by atoms with E-state index < -0.39 is 0 Å². The largest absolute Gasteiger partial charge is 0.494 e. The molecule has 1 rings (SSSR count). The molecule has 0 spiro atoms. The summed E-state index contributed by atoms with van der Waals surface area (Å²) in [6.07, 6.45) is 3.95. The summed E-state index contributed by atoms with van der Waals surface area (Å²) in [7, 11) is 0. The van der Waals surface area contributed by atoms with Crippen LogP contribution in [0.1, 0.15) is 24.8 Å². The molecule has 0 aliphatic heterocycles. The number of hydrogen-bond acceptors (Lipinski definition) is 3. The first kappa shape index (κ1) is 13.0. The Morgan fingerprint density at radius 1 is 1.06 bits per heavy atom. The van der Waals surface area contributed by atoms with Crippen molar-refractivity contribution in [2.24, 2.45) is 5.73 Å². The molecular weight excluding hydrogens is 202 g/mol. The summed E-state index contributed by atoms with van der Waals surface area (Å²) in [5.74, 6) is 0.898. The van der Waals surface area contributed by atoms with E-state index in [1.54, 1.807) is 0 Å². The van der Waals surface area contributed by atoms with E-state index in [4.69, 9.17) is 15.6 Å². The lowest BCUT2D eigenvalue weighted by Crippen LogP contribution is -2.01. The smallest absolute Gasteiger partial charge is 0.119 e. The Hall–Kier alpha value is -1.06. The van der Waals surface area contributed by atoms with Crippen LogP contribution in [-0.4, -0.2) is 24.9 Å². The third-order valence-electron chi connectivity index (χ3n) is 2.44. The Balaban J connectivity index is 2.21. The minimum atomic E-state index is 0.194. The first-order valence-electron chi connectivity index (χ1n) is 5.89. The third-order valence-corrected chi connectivity index (χ3v) is 2.44. The Kier molecular flexibility index (Phi) is 6.61. The van der Waals surface area contributed by atoms with Gasteiger partial charge in [-0.25, -0.2) is 0 Å². The maximum atomic E-state index is 8.77. The molecule has 90 valence electrons. The summed E-state index contributed by atoms with van der Waals surface area (Å²) in [5, 5.41) is 8.77. The summed E-state index contributed by atoms with van der Waals surface area (Å²) in [5.41, 5.74) is 6.54. The van der Waals surface area contributed by atoms with E-state index in [-0.39, 0.29) is 6.61 Å². The van der Waals surface area contributed by atoms with Crippen LogP contribution in [0.25, 0.3) is 0 Å². The molecule has 16 heavy (non-hydrogen) atoms. The van der Waals surface area contributed by atoms with E-state index in [2.05, 4.69) is 0 Å². The second kappa shape index (κ2) is 8.13. The number of nitrogens with two attached hydrogens (primary N) is 1. The molecule has 3 N–H and O–H groups in total. The summed E-state index contributed by atoms with van der Waals surface area (Å²) < 4.78 is 5.58. The fourth-order valence-electron chi connectivity index (χ4n) is 1.49. The van der Waals surface area contributed by atoms with Crippen molar-refractivity contribution in [1.82, 2.24) is 0 Å². The van der Waals surface area contributed by atoms with Gasteiger partial charge in [0.1, 0.15) is 5.75 Å². The topological polar surface area (TPSA) is 55.5 Å². The number of rotatable bonds is 8. The second-order valence-electron chi connectivity index (χ2n) is 3.82. The molecule has 0 aliphatic rings. The molecule has 0 bridgehead atoms. The zero-order valence-electron chi connectivity index (χ0n) is 9.69. The van der Waals surface area contributed by atoms with Gasteiger partial charge in [-0.1, -0.05) is 12.1 Å². The molecule has 0 atom stereocenters.